The molecule has 106 valence electrons. The predicted octanol–water partition coefficient (Wildman–Crippen LogP) is 3.13. The third-order valence-corrected chi connectivity index (χ3v) is 5.23. The maximum atomic E-state index is 3.99. The van der Waals surface area contributed by atoms with Gasteiger partial charge in [-0.3, -0.25) is 0 Å². The smallest absolute Gasteiger partial charge is 0.0120 e. The van der Waals surface area contributed by atoms with E-state index in [1.54, 1.807) is 0 Å². The van der Waals surface area contributed by atoms with Crippen molar-refractivity contribution in [3.63, 3.8) is 0 Å². The van der Waals surface area contributed by atoms with Crippen LogP contribution in [-0.2, 0) is 0 Å². The summed E-state index contributed by atoms with van der Waals surface area (Å²) in [6.45, 7) is 12.2. The van der Waals surface area contributed by atoms with Gasteiger partial charge in [-0.05, 0) is 56.5 Å². The van der Waals surface area contributed by atoms with Gasteiger partial charge in [0.1, 0.15) is 0 Å². The third kappa shape index (κ3) is 3.48. The van der Waals surface area contributed by atoms with Crippen LogP contribution in [-0.4, -0.2) is 37.1 Å². The van der Waals surface area contributed by atoms with Crippen LogP contribution >= 0.6 is 0 Å². The van der Waals surface area contributed by atoms with Crippen LogP contribution in [0.15, 0.2) is 0 Å². The average Bonchev–Trinajstić information content (AvgIpc) is 2.24. The Balaban J connectivity index is 1.86. The summed E-state index contributed by atoms with van der Waals surface area (Å²) in [6.07, 6.45) is 5.46. The summed E-state index contributed by atoms with van der Waals surface area (Å²) >= 11 is 0. The Labute approximate surface area is 114 Å². The number of likely N-dealkylation sites (tertiary alicyclic amines) is 1. The van der Waals surface area contributed by atoms with Gasteiger partial charge in [-0.15, -0.1) is 0 Å². The normalized spacial score (nSPS) is 41.8. The van der Waals surface area contributed by atoms with Crippen LogP contribution in [0.3, 0.4) is 0 Å². The van der Waals surface area contributed by atoms with E-state index in [1.807, 2.05) is 0 Å². The number of piperidine rings is 1. The molecule has 0 aromatic rings. The zero-order chi connectivity index (χ0) is 13.3. The number of hydrogen-bond acceptors (Lipinski definition) is 2. The third-order valence-electron chi connectivity index (χ3n) is 5.23. The van der Waals surface area contributed by atoms with E-state index in [9.17, 15) is 0 Å². The molecule has 2 fully saturated rings. The fourth-order valence-corrected chi connectivity index (χ4v) is 4.07. The van der Waals surface area contributed by atoms with E-state index in [2.05, 4.69) is 45.0 Å². The summed E-state index contributed by atoms with van der Waals surface area (Å²) in [7, 11) is 2.25. The van der Waals surface area contributed by atoms with E-state index in [4.69, 9.17) is 0 Å². The quantitative estimate of drug-likeness (QED) is 0.812. The Kier molecular flexibility index (Phi) is 4.38. The summed E-state index contributed by atoms with van der Waals surface area (Å²) in [5.74, 6) is 1.63. The topological polar surface area (TPSA) is 15.3 Å². The molecule has 1 aliphatic heterocycles. The second kappa shape index (κ2) is 5.50. The number of hydrogen-bond donors (Lipinski definition) is 1. The zero-order valence-electron chi connectivity index (χ0n) is 13.0. The lowest BCUT2D eigenvalue weighted by Crippen LogP contribution is -2.53. The Hall–Kier alpha value is -0.0800. The van der Waals surface area contributed by atoms with Crippen molar-refractivity contribution in [1.82, 2.24) is 10.2 Å². The van der Waals surface area contributed by atoms with Crippen molar-refractivity contribution in [2.75, 3.05) is 20.1 Å². The van der Waals surface area contributed by atoms with Crippen LogP contribution in [0, 0.1) is 17.3 Å². The van der Waals surface area contributed by atoms with Gasteiger partial charge in [-0.1, -0.05) is 27.7 Å². The molecule has 0 radical (unpaired) electrons. The van der Waals surface area contributed by atoms with Crippen LogP contribution in [0.25, 0.3) is 0 Å². The van der Waals surface area contributed by atoms with Gasteiger partial charge in [-0.2, -0.15) is 0 Å². The van der Waals surface area contributed by atoms with Gasteiger partial charge < -0.3 is 10.2 Å². The van der Waals surface area contributed by atoms with Gasteiger partial charge >= 0.3 is 0 Å². The minimum absolute atomic E-state index is 0.565. The summed E-state index contributed by atoms with van der Waals surface area (Å²) in [4.78, 5) is 2.47. The highest BCUT2D eigenvalue weighted by molar-refractivity contribution is 4.91. The largest absolute Gasteiger partial charge is 0.311 e. The van der Waals surface area contributed by atoms with Crippen LogP contribution in [0.5, 0.6) is 0 Å². The summed E-state index contributed by atoms with van der Waals surface area (Å²) in [5, 5.41) is 3.99. The highest BCUT2D eigenvalue weighted by Crippen LogP contribution is 2.39. The molecule has 4 atom stereocenters. The predicted molar refractivity (Wildman–Crippen MR) is 78.8 cm³/mol. The van der Waals surface area contributed by atoms with Crippen LogP contribution in [0.2, 0.25) is 0 Å². The van der Waals surface area contributed by atoms with Crippen molar-refractivity contribution in [3.05, 3.63) is 0 Å². The van der Waals surface area contributed by atoms with E-state index in [0.29, 0.717) is 5.41 Å². The SMILES string of the molecule is CC1CN(C)CCC1NC1CCC(C)(C)CC1C. The van der Waals surface area contributed by atoms with Gasteiger partial charge in [0.05, 0.1) is 0 Å². The first-order chi connectivity index (χ1) is 8.37. The maximum Gasteiger partial charge on any atom is 0.0120 e. The van der Waals surface area contributed by atoms with Crippen molar-refractivity contribution in [2.45, 2.75) is 65.5 Å². The van der Waals surface area contributed by atoms with E-state index in [1.165, 1.54) is 38.8 Å². The number of nitrogens with zero attached hydrogens (tertiary/aromatic N) is 1. The zero-order valence-corrected chi connectivity index (χ0v) is 13.0. The molecule has 2 heteroatoms. The lowest BCUT2D eigenvalue weighted by molar-refractivity contribution is 0.109. The van der Waals surface area contributed by atoms with E-state index < -0.39 is 0 Å². The molecule has 2 nitrogen and oxygen atoms in total. The van der Waals surface area contributed by atoms with Crippen LogP contribution < -0.4 is 5.32 Å². The van der Waals surface area contributed by atoms with Gasteiger partial charge in [0, 0.05) is 18.6 Å². The molecule has 4 unspecified atom stereocenters. The van der Waals surface area contributed by atoms with Crippen molar-refractivity contribution in [3.8, 4) is 0 Å². The molecule has 0 aromatic carbocycles. The molecule has 1 heterocycles. The highest BCUT2D eigenvalue weighted by atomic mass is 15.1. The number of rotatable bonds is 2. The fourth-order valence-electron chi connectivity index (χ4n) is 4.07. The second-order valence-electron chi connectivity index (χ2n) is 7.79. The monoisotopic (exact) mass is 252 g/mol. The van der Waals surface area contributed by atoms with Gasteiger partial charge in [0.15, 0.2) is 0 Å². The molecule has 18 heavy (non-hydrogen) atoms. The van der Waals surface area contributed by atoms with Gasteiger partial charge in [0.2, 0.25) is 0 Å². The molecular weight excluding hydrogens is 220 g/mol. The molecule has 0 spiro atoms. The molecule has 1 saturated heterocycles. The van der Waals surface area contributed by atoms with Crippen molar-refractivity contribution >= 4 is 0 Å². The second-order valence-corrected chi connectivity index (χ2v) is 7.79. The maximum absolute atomic E-state index is 3.99. The molecule has 1 aliphatic carbocycles. The Morgan fingerprint density at radius 3 is 2.33 bits per heavy atom. The van der Waals surface area contributed by atoms with Crippen molar-refractivity contribution in [2.24, 2.45) is 17.3 Å². The molecule has 2 aliphatic rings. The fraction of sp³-hybridized carbons (Fsp3) is 1.00. The van der Waals surface area contributed by atoms with Crippen LogP contribution in [0.4, 0.5) is 0 Å². The first-order valence-electron chi connectivity index (χ1n) is 7.82. The van der Waals surface area contributed by atoms with Crippen LogP contribution in [0.1, 0.15) is 53.4 Å². The Morgan fingerprint density at radius 2 is 1.72 bits per heavy atom. The molecule has 1 saturated carbocycles. The Bertz CT molecular complexity index is 274. The molecule has 2 rings (SSSR count). The van der Waals surface area contributed by atoms with E-state index >= 15 is 0 Å². The Morgan fingerprint density at radius 1 is 1.06 bits per heavy atom. The van der Waals surface area contributed by atoms with E-state index in [-0.39, 0.29) is 0 Å². The first kappa shape index (κ1) is 14.3. The first-order valence-corrected chi connectivity index (χ1v) is 7.82. The van der Waals surface area contributed by atoms with E-state index in [0.717, 1.165) is 23.9 Å². The number of nitrogens with one attached hydrogen (secondary N) is 1. The summed E-state index contributed by atoms with van der Waals surface area (Å²) in [6, 6.07) is 1.50. The molecule has 0 amide bonds. The molecule has 1 N–H and O–H groups in total. The molecular formula is C16H32N2. The minimum atomic E-state index is 0.565. The van der Waals surface area contributed by atoms with Crippen molar-refractivity contribution in [1.29, 1.82) is 0 Å². The lowest BCUT2D eigenvalue weighted by atomic mass is 9.70. The minimum Gasteiger partial charge on any atom is -0.311 e. The van der Waals surface area contributed by atoms with Crippen molar-refractivity contribution < 1.29 is 0 Å². The standard InChI is InChI=1S/C16H32N2/c1-12-10-16(3,4)8-6-14(12)17-15-7-9-18(5)11-13(15)2/h12-15,17H,6-11H2,1-5H3. The lowest BCUT2D eigenvalue weighted by Gasteiger charge is -2.44. The summed E-state index contributed by atoms with van der Waals surface area (Å²) in [5.41, 5.74) is 0.565. The molecule has 0 aromatic heterocycles. The van der Waals surface area contributed by atoms with Gasteiger partial charge in [0.25, 0.3) is 0 Å². The molecule has 0 bridgehead atoms. The highest BCUT2D eigenvalue weighted by Gasteiger charge is 2.34. The summed E-state index contributed by atoms with van der Waals surface area (Å²) < 4.78 is 0. The average molecular weight is 252 g/mol. The van der Waals surface area contributed by atoms with Gasteiger partial charge in [-0.25, -0.2) is 0 Å².